The average Bonchev–Trinajstić information content (AvgIpc) is 2.19. The second-order valence-electron chi connectivity index (χ2n) is 2.21. The fourth-order valence-electron chi connectivity index (χ4n) is 0.998. The quantitative estimate of drug-likeness (QED) is 0.510. The molecule has 0 heterocycles. The first-order valence-electron chi connectivity index (χ1n) is 3.28. The fourth-order valence-corrected chi connectivity index (χ4v) is 0.998. The number of hydrogen-bond donors (Lipinski definition) is 0. The lowest BCUT2D eigenvalue weighted by atomic mass is 10.1. The van der Waals surface area contributed by atoms with Gasteiger partial charge >= 0.3 is 0 Å². The van der Waals surface area contributed by atoms with Crippen molar-refractivity contribution in [3.05, 3.63) is 23.8 Å². The van der Waals surface area contributed by atoms with Crippen molar-refractivity contribution >= 4 is 0 Å². The van der Waals surface area contributed by atoms with E-state index in [1.165, 1.54) is 19.3 Å². The van der Waals surface area contributed by atoms with Gasteiger partial charge in [0, 0.05) is 0 Å². The van der Waals surface area contributed by atoms with Crippen molar-refractivity contribution < 1.29 is 0 Å². The Morgan fingerprint density at radius 1 is 1.62 bits per heavy atom. The zero-order valence-electron chi connectivity index (χ0n) is 5.35. The lowest BCUT2D eigenvalue weighted by Gasteiger charge is -1.93. The van der Waals surface area contributed by atoms with E-state index in [0.717, 1.165) is 0 Å². The summed E-state index contributed by atoms with van der Waals surface area (Å²) in [5.41, 5.74) is 1.59. The topological polar surface area (TPSA) is 0 Å². The lowest BCUT2D eigenvalue weighted by molar-refractivity contribution is 0.887. The first-order chi connectivity index (χ1) is 3.93. The zero-order chi connectivity index (χ0) is 5.82. The zero-order valence-corrected chi connectivity index (χ0v) is 5.35. The van der Waals surface area contributed by atoms with Gasteiger partial charge in [-0.25, -0.2) is 0 Å². The minimum Gasteiger partial charge on any atom is -0.0805 e. The lowest BCUT2D eigenvalue weighted by Crippen LogP contribution is -1.74. The number of allylic oxidation sites excluding steroid dienone is 4. The van der Waals surface area contributed by atoms with E-state index in [4.69, 9.17) is 0 Å². The highest BCUT2D eigenvalue weighted by Crippen LogP contribution is 2.14. The van der Waals surface area contributed by atoms with Crippen LogP contribution in [0.1, 0.15) is 26.2 Å². The number of hydrogen-bond acceptors (Lipinski definition) is 0. The molecule has 44 valence electrons. The Bertz CT molecular complexity index is 118. The molecule has 0 saturated carbocycles. The van der Waals surface area contributed by atoms with Gasteiger partial charge in [-0.05, 0) is 12.8 Å². The number of rotatable bonds is 2. The molecule has 0 spiro atoms. The van der Waals surface area contributed by atoms with Crippen molar-refractivity contribution in [2.24, 2.45) is 0 Å². The molecule has 0 amide bonds. The van der Waals surface area contributed by atoms with E-state index in [1.54, 1.807) is 5.57 Å². The van der Waals surface area contributed by atoms with Crippen LogP contribution in [0.25, 0.3) is 0 Å². The third-order valence-corrected chi connectivity index (χ3v) is 1.42. The standard InChI is InChI=1S/C8H12/c1-2-5-8-6-3-4-7-8/h3-4,6H,2,5,7H2,1H3. The van der Waals surface area contributed by atoms with Gasteiger partial charge in [0.1, 0.15) is 0 Å². The van der Waals surface area contributed by atoms with Crippen LogP contribution in [-0.2, 0) is 0 Å². The van der Waals surface area contributed by atoms with Gasteiger partial charge in [0.05, 0.1) is 0 Å². The van der Waals surface area contributed by atoms with E-state index in [9.17, 15) is 0 Å². The molecular formula is C8H12. The monoisotopic (exact) mass is 108 g/mol. The van der Waals surface area contributed by atoms with Crippen LogP contribution in [0.15, 0.2) is 23.8 Å². The van der Waals surface area contributed by atoms with Crippen molar-refractivity contribution in [1.82, 2.24) is 0 Å². The molecule has 0 bridgehead atoms. The van der Waals surface area contributed by atoms with Gasteiger partial charge in [0.15, 0.2) is 0 Å². The maximum absolute atomic E-state index is 2.23. The van der Waals surface area contributed by atoms with Crippen LogP contribution in [-0.4, -0.2) is 0 Å². The molecule has 0 aromatic rings. The molecule has 0 unspecified atom stereocenters. The Hall–Kier alpha value is -0.520. The molecular weight excluding hydrogens is 96.1 g/mol. The van der Waals surface area contributed by atoms with Gasteiger partial charge in [-0.1, -0.05) is 37.1 Å². The fraction of sp³-hybridized carbons (Fsp3) is 0.500. The van der Waals surface area contributed by atoms with Crippen molar-refractivity contribution in [3.8, 4) is 0 Å². The van der Waals surface area contributed by atoms with E-state index >= 15 is 0 Å². The van der Waals surface area contributed by atoms with Crippen LogP contribution >= 0.6 is 0 Å². The summed E-state index contributed by atoms with van der Waals surface area (Å²) in [6, 6.07) is 0. The van der Waals surface area contributed by atoms with E-state index in [-0.39, 0.29) is 0 Å². The van der Waals surface area contributed by atoms with Crippen LogP contribution in [0.4, 0.5) is 0 Å². The summed E-state index contributed by atoms with van der Waals surface area (Å²) < 4.78 is 0. The van der Waals surface area contributed by atoms with Crippen molar-refractivity contribution in [3.63, 3.8) is 0 Å². The molecule has 0 N–H and O–H groups in total. The molecule has 0 atom stereocenters. The molecule has 0 saturated heterocycles. The molecule has 0 radical (unpaired) electrons. The van der Waals surface area contributed by atoms with E-state index < -0.39 is 0 Å². The molecule has 8 heavy (non-hydrogen) atoms. The molecule has 0 fully saturated rings. The first-order valence-corrected chi connectivity index (χ1v) is 3.28. The summed E-state index contributed by atoms with van der Waals surface area (Å²) in [6.45, 7) is 2.22. The highest BCUT2D eigenvalue weighted by Gasteiger charge is 1.94. The summed E-state index contributed by atoms with van der Waals surface area (Å²) >= 11 is 0. The predicted molar refractivity (Wildman–Crippen MR) is 36.7 cm³/mol. The van der Waals surface area contributed by atoms with Gasteiger partial charge in [-0.3, -0.25) is 0 Å². The minimum atomic E-state index is 1.20. The normalized spacial score (nSPS) is 16.9. The molecule has 1 aliphatic carbocycles. The average molecular weight is 108 g/mol. The third kappa shape index (κ3) is 1.22. The molecule has 1 rings (SSSR count). The van der Waals surface area contributed by atoms with Crippen molar-refractivity contribution in [2.45, 2.75) is 26.2 Å². The Kier molecular flexibility index (Phi) is 1.90. The molecule has 0 aromatic carbocycles. The van der Waals surface area contributed by atoms with Crippen LogP contribution in [0.5, 0.6) is 0 Å². The maximum Gasteiger partial charge on any atom is -0.0133 e. The van der Waals surface area contributed by atoms with Gasteiger partial charge in [-0.15, -0.1) is 0 Å². The van der Waals surface area contributed by atoms with Crippen LogP contribution in [0, 0.1) is 0 Å². The van der Waals surface area contributed by atoms with Crippen molar-refractivity contribution in [1.29, 1.82) is 0 Å². The van der Waals surface area contributed by atoms with Crippen LogP contribution in [0.3, 0.4) is 0 Å². The smallest absolute Gasteiger partial charge is 0.0133 e. The molecule has 0 aliphatic heterocycles. The molecule has 0 heteroatoms. The summed E-state index contributed by atoms with van der Waals surface area (Å²) in [5.74, 6) is 0. The largest absolute Gasteiger partial charge is 0.0805 e. The van der Waals surface area contributed by atoms with E-state index in [1.807, 2.05) is 0 Å². The maximum atomic E-state index is 2.23. The van der Waals surface area contributed by atoms with Crippen molar-refractivity contribution in [2.75, 3.05) is 0 Å². The SMILES string of the molecule is CCCC1=CC=CC1. The summed E-state index contributed by atoms with van der Waals surface area (Å²) in [4.78, 5) is 0. The summed E-state index contributed by atoms with van der Waals surface area (Å²) in [6.07, 6.45) is 10.4. The van der Waals surface area contributed by atoms with Crippen LogP contribution < -0.4 is 0 Å². The van der Waals surface area contributed by atoms with Gasteiger partial charge in [0.2, 0.25) is 0 Å². The minimum absolute atomic E-state index is 1.20. The third-order valence-electron chi connectivity index (χ3n) is 1.42. The van der Waals surface area contributed by atoms with Crippen LogP contribution in [0.2, 0.25) is 0 Å². The summed E-state index contributed by atoms with van der Waals surface area (Å²) in [5, 5.41) is 0. The highest BCUT2D eigenvalue weighted by molar-refractivity contribution is 5.22. The van der Waals surface area contributed by atoms with Gasteiger partial charge < -0.3 is 0 Å². The van der Waals surface area contributed by atoms with Gasteiger partial charge in [0.25, 0.3) is 0 Å². The Morgan fingerprint density at radius 2 is 2.50 bits per heavy atom. The van der Waals surface area contributed by atoms with E-state index in [2.05, 4.69) is 25.2 Å². The molecule has 1 aliphatic rings. The first kappa shape index (κ1) is 5.61. The van der Waals surface area contributed by atoms with Gasteiger partial charge in [-0.2, -0.15) is 0 Å². The molecule has 0 nitrogen and oxygen atoms in total. The Labute approximate surface area is 50.9 Å². The summed E-state index contributed by atoms with van der Waals surface area (Å²) in [7, 11) is 0. The predicted octanol–water partition coefficient (Wildman–Crippen LogP) is 2.67. The Morgan fingerprint density at radius 3 is 3.00 bits per heavy atom. The molecule has 0 aromatic heterocycles. The highest BCUT2D eigenvalue weighted by atomic mass is 14.0. The Balaban J connectivity index is 2.28. The second-order valence-corrected chi connectivity index (χ2v) is 2.21. The second kappa shape index (κ2) is 2.71. The van der Waals surface area contributed by atoms with E-state index in [0.29, 0.717) is 0 Å².